The van der Waals surface area contributed by atoms with Crippen molar-refractivity contribution < 1.29 is 19.4 Å². The number of carbonyl (C=O) groups excluding carboxylic acids is 2. The van der Waals surface area contributed by atoms with Gasteiger partial charge in [-0.05, 0) is 35.7 Å². The Morgan fingerprint density at radius 2 is 1.86 bits per heavy atom. The van der Waals surface area contributed by atoms with E-state index in [0.717, 1.165) is 18.3 Å². The molecule has 0 aliphatic heterocycles. The number of carbonyl (C=O) groups is 2. The summed E-state index contributed by atoms with van der Waals surface area (Å²) >= 11 is 5.22. The Balaban J connectivity index is 2.18. The number of nitrogens with zero attached hydrogens (tertiary/aromatic N) is 4. The zero-order chi connectivity index (χ0) is 21.6. The number of hydrogen-bond donors (Lipinski definition) is 3. The second-order valence-corrected chi connectivity index (χ2v) is 6.60. The predicted octanol–water partition coefficient (Wildman–Crippen LogP) is 1.36. The van der Waals surface area contributed by atoms with Crippen molar-refractivity contribution in [1.82, 2.24) is 10.4 Å². The maximum absolute atomic E-state index is 12.4. The van der Waals surface area contributed by atoms with E-state index in [9.17, 15) is 29.8 Å². The van der Waals surface area contributed by atoms with Crippen LogP contribution in [0.2, 0.25) is 0 Å². The predicted molar refractivity (Wildman–Crippen MR) is 107 cm³/mol. The van der Waals surface area contributed by atoms with Crippen molar-refractivity contribution in [1.29, 1.82) is 0 Å². The Morgan fingerprint density at radius 3 is 2.38 bits per heavy atom. The molecule has 0 aliphatic carbocycles. The number of hydrogen-bond acceptors (Lipinski definition) is 10. The third-order valence-corrected chi connectivity index (χ3v) is 4.14. The van der Waals surface area contributed by atoms with Gasteiger partial charge in [0.1, 0.15) is 11.9 Å². The lowest BCUT2D eigenvalue weighted by molar-refractivity contribution is -0.384. The van der Waals surface area contributed by atoms with E-state index in [1.165, 1.54) is 12.1 Å². The Hall–Kier alpha value is -3.85. The Labute approximate surface area is 170 Å². The number of amides is 1. The quantitative estimate of drug-likeness (QED) is 0.178. The zero-order valence-corrected chi connectivity index (χ0v) is 15.9. The van der Waals surface area contributed by atoms with Crippen molar-refractivity contribution >= 4 is 61.9 Å². The highest BCUT2D eigenvalue weighted by atomic mass is 32.1. The van der Waals surface area contributed by atoms with Gasteiger partial charge in [0, 0.05) is 17.7 Å². The number of nitro benzene ring substituents is 1. The summed E-state index contributed by atoms with van der Waals surface area (Å²) in [7, 11) is 0. The van der Waals surface area contributed by atoms with Crippen LogP contribution >= 0.6 is 23.6 Å². The van der Waals surface area contributed by atoms with Gasteiger partial charge in [-0.1, -0.05) is 0 Å². The second kappa shape index (κ2) is 9.38. The lowest BCUT2D eigenvalue weighted by atomic mass is 10.0. The smallest absolute Gasteiger partial charge is 0.345 e. The number of ketones is 1. The fourth-order valence-corrected chi connectivity index (χ4v) is 2.57. The average Bonchev–Trinajstić information content (AvgIpc) is 3.13. The minimum Gasteiger partial charge on any atom is -0.375 e. The highest BCUT2D eigenvalue weighted by molar-refractivity contribution is 7.80. The minimum absolute atomic E-state index is 0.0764. The number of nitro groups is 2. The van der Waals surface area contributed by atoms with Crippen molar-refractivity contribution in [3.8, 4) is 0 Å². The van der Waals surface area contributed by atoms with Gasteiger partial charge in [0.25, 0.3) is 11.6 Å². The normalized spacial score (nSPS) is 10.8. The fourth-order valence-electron chi connectivity index (χ4n) is 1.89. The average molecular weight is 437 g/mol. The van der Waals surface area contributed by atoms with Crippen LogP contribution in [0.5, 0.6) is 0 Å². The molecule has 0 spiro atoms. The number of nitrogens with one attached hydrogen (secondary N) is 2. The van der Waals surface area contributed by atoms with Crippen LogP contribution in [0.25, 0.3) is 0 Å². The van der Waals surface area contributed by atoms with Gasteiger partial charge in [-0.3, -0.25) is 40.6 Å². The summed E-state index contributed by atoms with van der Waals surface area (Å²) in [6.45, 7) is 0. The molecule has 0 aliphatic rings. The molecule has 2 rings (SSSR count). The first-order valence-corrected chi connectivity index (χ1v) is 8.71. The topological polar surface area (TPSA) is 196 Å². The van der Waals surface area contributed by atoms with Gasteiger partial charge in [-0.15, -0.1) is 0 Å². The zero-order valence-electron chi connectivity index (χ0n) is 14.2. The molecule has 0 radical (unpaired) electrons. The lowest BCUT2D eigenvalue weighted by Gasteiger charge is -2.06. The summed E-state index contributed by atoms with van der Waals surface area (Å²) < 4.78 is 0. The monoisotopic (exact) mass is 437 g/mol. The van der Waals surface area contributed by atoms with Crippen LogP contribution in [0.4, 0.5) is 15.8 Å². The lowest BCUT2D eigenvalue weighted by Crippen LogP contribution is -2.31. The SMILES string of the molecule is NC(=S)N/N=C(\CC(=O)c1ccc([N+](=O)[O-])cc1)C(=O)Nc1ncc([N+](=O)[O-])s1. The molecule has 1 heterocycles. The summed E-state index contributed by atoms with van der Waals surface area (Å²) in [5.41, 5.74) is 7.02. The van der Waals surface area contributed by atoms with Gasteiger partial charge < -0.3 is 5.73 Å². The standard InChI is InChI=1S/C14H11N7O6S2/c15-13(28)19-18-9(12(23)17-14-16-6-11(29-14)21(26)27)5-10(22)7-1-3-8(4-2-7)20(24)25/h1-4,6H,5H2,(H3,15,19,28)(H,16,17,23)/b18-9+. The first-order valence-electron chi connectivity index (χ1n) is 7.48. The molecule has 0 saturated heterocycles. The number of thiocarbonyl (C=S) groups is 1. The van der Waals surface area contributed by atoms with Gasteiger partial charge in [-0.25, -0.2) is 4.98 Å². The number of anilines is 1. The molecule has 0 atom stereocenters. The summed E-state index contributed by atoms with van der Waals surface area (Å²) in [6.07, 6.45) is 0.457. The number of non-ortho nitro benzene ring substituents is 1. The molecule has 29 heavy (non-hydrogen) atoms. The number of hydrazone groups is 1. The van der Waals surface area contributed by atoms with Crippen LogP contribution in [-0.4, -0.2) is 37.3 Å². The van der Waals surface area contributed by atoms with Gasteiger partial charge >= 0.3 is 5.00 Å². The molecule has 1 amide bonds. The van der Waals surface area contributed by atoms with Crippen LogP contribution in [0.3, 0.4) is 0 Å². The molecule has 2 aromatic rings. The molecule has 0 bridgehead atoms. The summed E-state index contributed by atoms with van der Waals surface area (Å²) in [5, 5.41) is 26.7. The third-order valence-electron chi connectivity index (χ3n) is 3.19. The molecule has 13 nitrogen and oxygen atoms in total. The molecular formula is C14H11N7O6S2. The van der Waals surface area contributed by atoms with E-state index in [4.69, 9.17) is 5.73 Å². The highest BCUT2D eigenvalue weighted by Crippen LogP contribution is 2.25. The Kier molecular flexibility index (Phi) is 6.94. The van der Waals surface area contributed by atoms with Crippen molar-refractivity contribution in [2.24, 2.45) is 10.8 Å². The summed E-state index contributed by atoms with van der Waals surface area (Å²) in [6, 6.07) is 4.76. The summed E-state index contributed by atoms with van der Waals surface area (Å²) in [4.78, 5) is 48.6. The molecule has 4 N–H and O–H groups in total. The first kappa shape index (κ1) is 21.5. The molecule has 1 aromatic carbocycles. The van der Waals surface area contributed by atoms with E-state index >= 15 is 0 Å². The molecule has 0 unspecified atom stereocenters. The molecule has 15 heteroatoms. The van der Waals surface area contributed by atoms with Crippen molar-refractivity contribution in [3.05, 3.63) is 56.3 Å². The fraction of sp³-hybridized carbons (Fsp3) is 0.0714. The van der Waals surface area contributed by atoms with Gasteiger partial charge in [0.15, 0.2) is 16.0 Å². The molecular weight excluding hydrogens is 426 g/mol. The van der Waals surface area contributed by atoms with E-state index < -0.39 is 28.0 Å². The van der Waals surface area contributed by atoms with Gasteiger partial charge in [0.05, 0.1) is 16.3 Å². The molecule has 150 valence electrons. The minimum atomic E-state index is -0.867. The van der Waals surface area contributed by atoms with Crippen LogP contribution in [0, 0.1) is 20.2 Å². The van der Waals surface area contributed by atoms with Crippen LogP contribution in [0.1, 0.15) is 16.8 Å². The number of benzene rings is 1. The number of rotatable bonds is 8. The first-order chi connectivity index (χ1) is 13.7. The number of thiazole rings is 1. The Bertz CT molecular complexity index is 1020. The van der Waals surface area contributed by atoms with Gasteiger partial charge in [-0.2, -0.15) is 5.10 Å². The molecule has 1 aromatic heterocycles. The molecule has 0 saturated carbocycles. The van der Waals surface area contributed by atoms with E-state index in [2.05, 4.69) is 33.0 Å². The van der Waals surface area contributed by atoms with E-state index in [1.54, 1.807) is 0 Å². The summed E-state index contributed by atoms with van der Waals surface area (Å²) in [5.74, 6) is -1.43. The maximum atomic E-state index is 12.4. The Morgan fingerprint density at radius 1 is 1.21 bits per heavy atom. The van der Waals surface area contributed by atoms with Crippen LogP contribution < -0.4 is 16.5 Å². The largest absolute Gasteiger partial charge is 0.375 e. The van der Waals surface area contributed by atoms with Crippen LogP contribution in [-0.2, 0) is 4.79 Å². The van der Waals surface area contributed by atoms with E-state index in [-0.39, 0.29) is 32.2 Å². The maximum Gasteiger partial charge on any atom is 0.345 e. The van der Waals surface area contributed by atoms with Crippen LogP contribution in [0.15, 0.2) is 35.6 Å². The van der Waals surface area contributed by atoms with E-state index in [0.29, 0.717) is 11.3 Å². The highest BCUT2D eigenvalue weighted by Gasteiger charge is 2.21. The molecule has 0 fully saturated rings. The van der Waals surface area contributed by atoms with E-state index in [1.807, 2.05) is 0 Å². The second-order valence-electron chi connectivity index (χ2n) is 5.15. The van der Waals surface area contributed by atoms with Gasteiger partial charge in [0.2, 0.25) is 0 Å². The number of aromatic nitrogens is 1. The van der Waals surface area contributed by atoms with Crippen molar-refractivity contribution in [2.45, 2.75) is 6.42 Å². The third kappa shape index (κ3) is 6.08. The number of nitrogens with two attached hydrogens (primary N) is 1. The van der Waals surface area contributed by atoms with Crippen molar-refractivity contribution in [2.75, 3.05) is 5.32 Å². The number of Topliss-reactive ketones (excluding diaryl/α,β-unsaturated/α-hetero) is 1. The van der Waals surface area contributed by atoms with Crippen molar-refractivity contribution in [3.63, 3.8) is 0 Å².